The fourth-order valence-electron chi connectivity index (χ4n) is 3.04. The quantitative estimate of drug-likeness (QED) is 0.639. The molecule has 5 nitrogen and oxygen atoms in total. The fourth-order valence-corrected chi connectivity index (χ4v) is 3.04. The molecule has 0 amide bonds. The minimum absolute atomic E-state index is 0. The first kappa shape index (κ1) is 22.3. The summed E-state index contributed by atoms with van der Waals surface area (Å²) >= 11 is 0. The normalized spacial score (nSPS) is 15.5. The first-order valence-corrected chi connectivity index (χ1v) is 9.00. The number of hydrogen-bond donors (Lipinski definition) is 0. The van der Waals surface area contributed by atoms with Crippen LogP contribution in [0, 0.1) is 5.92 Å². The molecule has 0 spiro atoms. The second kappa shape index (κ2) is 11.8. The summed E-state index contributed by atoms with van der Waals surface area (Å²) in [5, 5.41) is 0. The number of rotatable bonds is 8. The highest BCUT2D eigenvalue weighted by Gasteiger charge is 2.25. The zero-order valence-corrected chi connectivity index (χ0v) is 16.7. The monoisotopic (exact) mass is 383 g/mol. The summed E-state index contributed by atoms with van der Waals surface area (Å²) in [4.78, 5) is 14.1. The van der Waals surface area contributed by atoms with E-state index in [0.717, 1.165) is 49.5 Å². The number of allylic oxidation sites excluding steroid dienone is 1. The van der Waals surface area contributed by atoms with Crippen LogP contribution in [0.4, 0.5) is 0 Å². The minimum Gasteiger partial charge on any atom is -0.493 e. The topological polar surface area (TPSA) is 48.0 Å². The molecule has 0 saturated carbocycles. The van der Waals surface area contributed by atoms with Gasteiger partial charge in [-0.25, -0.2) is 0 Å². The summed E-state index contributed by atoms with van der Waals surface area (Å²) in [6.45, 7) is 7.56. The van der Waals surface area contributed by atoms with Crippen molar-refractivity contribution in [1.82, 2.24) is 4.90 Å². The number of ether oxygens (including phenoxy) is 3. The summed E-state index contributed by atoms with van der Waals surface area (Å²) < 4.78 is 16.4. The maximum Gasteiger partial charge on any atom is 0.309 e. The lowest BCUT2D eigenvalue weighted by atomic mass is 9.97. The van der Waals surface area contributed by atoms with E-state index in [9.17, 15) is 4.79 Å². The van der Waals surface area contributed by atoms with Crippen molar-refractivity contribution in [3.8, 4) is 11.5 Å². The molecule has 0 N–H and O–H groups in total. The Labute approximate surface area is 162 Å². The molecule has 1 aliphatic heterocycles. The molecule has 1 heterocycles. The van der Waals surface area contributed by atoms with Gasteiger partial charge in [0.15, 0.2) is 11.5 Å². The van der Waals surface area contributed by atoms with Crippen LogP contribution >= 0.6 is 12.4 Å². The third-order valence-electron chi connectivity index (χ3n) is 4.42. The van der Waals surface area contributed by atoms with Gasteiger partial charge in [0.25, 0.3) is 0 Å². The molecule has 1 aromatic carbocycles. The molecule has 0 atom stereocenters. The third-order valence-corrected chi connectivity index (χ3v) is 4.42. The molecule has 1 fully saturated rings. The van der Waals surface area contributed by atoms with Gasteiger partial charge >= 0.3 is 5.97 Å². The predicted molar refractivity (Wildman–Crippen MR) is 106 cm³/mol. The van der Waals surface area contributed by atoms with Crippen molar-refractivity contribution in [3.05, 3.63) is 29.8 Å². The van der Waals surface area contributed by atoms with E-state index in [0.29, 0.717) is 13.2 Å². The molecule has 6 heteroatoms. The molecule has 2 rings (SSSR count). The van der Waals surface area contributed by atoms with E-state index in [1.807, 2.05) is 44.2 Å². The zero-order chi connectivity index (χ0) is 18.1. The second-order valence-corrected chi connectivity index (χ2v) is 6.13. The number of likely N-dealkylation sites (tertiary alicyclic amines) is 1. The van der Waals surface area contributed by atoms with Crippen LogP contribution in [0.5, 0.6) is 11.5 Å². The van der Waals surface area contributed by atoms with Gasteiger partial charge < -0.3 is 14.2 Å². The summed E-state index contributed by atoms with van der Waals surface area (Å²) in [7, 11) is 1.65. The number of hydrogen-bond acceptors (Lipinski definition) is 5. The van der Waals surface area contributed by atoms with Crippen LogP contribution in [0.25, 0.3) is 6.08 Å². The van der Waals surface area contributed by atoms with Crippen molar-refractivity contribution >= 4 is 24.5 Å². The molecule has 1 saturated heterocycles. The van der Waals surface area contributed by atoms with Gasteiger partial charge in [0.2, 0.25) is 0 Å². The highest BCUT2D eigenvalue weighted by molar-refractivity contribution is 5.85. The van der Waals surface area contributed by atoms with Gasteiger partial charge in [-0.3, -0.25) is 9.69 Å². The Morgan fingerprint density at radius 2 is 2.00 bits per heavy atom. The average molecular weight is 384 g/mol. The van der Waals surface area contributed by atoms with Crippen LogP contribution in [-0.4, -0.2) is 50.8 Å². The van der Waals surface area contributed by atoms with Gasteiger partial charge in [0, 0.05) is 6.54 Å². The van der Waals surface area contributed by atoms with Crippen LogP contribution in [0.15, 0.2) is 24.3 Å². The van der Waals surface area contributed by atoms with Crippen LogP contribution in [0.1, 0.15) is 32.3 Å². The molecule has 1 aromatic rings. The Balaban J connectivity index is 0.00000338. The summed E-state index contributed by atoms with van der Waals surface area (Å²) in [5.74, 6) is 1.51. The smallest absolute Gasteiger partial charge is 0.309 e. The Morgan fingerprint density at radius 3 is 2.62 bits per heavy atom. The number of carbonyl (C=O) groups is 1. The van der Waals surface area contributed by atoms with E-state index in [2.05, 4.69) is 4.90 Å². The lowest BCUT2D eigenvalue weighted by Crippen LogP contribution is -2.39. The summed E-state index contributed by atoms with van der Waals surface area (Å²) in [5.41, 5.74) is 1.09. The number of esters is 1. The maximum absolute atomic E-state index is 11.8. The van der Waals surface area contributed by atoms with E-state index in [4.69, 9.17) is 14.2 Å². The molecule has 146 valence electrons. The number of piperidine rings is 1. The Morgan fingerprint density at radius 1 is 1.27 bits per heavy atom. The molecule has 0 aromatic heterocycles. The average Bonchev–Trinajstić information content (AvgIpc) is 2.63. The number of halogens is 1. The predicted octanol–water partition coefficient (Wildman–Crippen LogP) is 3.80. The van der Waals surface area contributed by atoms with Crippen molar-refractivity contribution in [2.24, 2.45) is 5.92 Å². The van der Waals surface area contributed by atoms with Crippen molar-refractivity contribution < 1.29 is 19.0 Å². The first-order valence-electron chi connectivity index (χ1n) is 9.00. The number of benzene rings is 1. The summed E-state index contributed by atoms with van der Waals surface area (Å²) in [6.07, 6.45) is 5.75. The number of methoxy groups -OCH3 is 1. The van der Waals surface area contributed by atoms with Gasteiger partial charge in [0.1, 0.15) is 6.61 Å². The van der Waals surface area contributed by atoms with E-state index < -0.39 is 0 Å². The molecular formula is C20H30ClNO4. The van der Waals surface area contributed by atoms with E-state index in [1.165, 1.54) is 0 Å². The van der Waals surface area contributed by atoms with Gasteiger partial charge in [0.05, 0.1) is 19.6 Å². The Hall–Kier alpha value is -1.72. The standard InChI is InChI=1S/C20H29NO4.ClH/c1-4-6-16-7-8-18(19(15-16)23-3)25-14-13-21-11-9-17(10-12-21)20(22)24-5-2;/h4,6-8,15,17H,5,9-14H2,1-3H3;1H. The highest BCUT2D eigenvalue weighted by Crippen LogP contribution is 2.28. The van der Waals surface area contributed by atoms with Crippen molar-refractivity contribution in [3.63, 3.8) is 0 Å². The summed E-state index contributed by atoms with van der Waals surface area (Å²) in [6, 6.07) is 5.93. The van der Waals surface area contributed by atoms with E-state index in [1.54, 1.807) is 7.11 Å². The first-order chi connectivity index (χ1) is 12.2. The largest absolute Gasteiger partial charge is 0.493 e. The zero-order valence-electron chi connectivity index (χ0n) is 15.9. The number of carbonyl (C=O) groups excluding carboxylic acids is 1. The Kier molecular flexibility index (Phi) is 10.1. The molecule has 0 bridgehead atoms. The van der Waals surface area contributed by atoms with Gasteiger partial charge in [-0.05, 0) is 57.5 Å². The molecule has 0 radical (unpaired) electrons. The molecule has 26 heavy (non-hydrogen) atoms. The number of nitrogens with zero attached hydrogens (tertiary/aromatic N) is 1. The maximum atomic E-state index is 11.8. The second-order valence-electron chi connectivity index (χ2n) is 6.13. The van der Waals surface area contributed by atoms with Crippen LogP contribution in [0.2, 0.25) is 0 Å². The minimum atomic E-state index is -0.0515. The SMILES string of the molecule is CC=Cc1ccc(OCCN2CCC(C(=O)OCC)CC2)c(OC)c1.Cl. The lowest BCUT2D eigenvalue weighted by Gasteiger charge is -2.30. The lowest BCUT2D eigenvalue weighted by molar-refractivity contribution is -0.149. The Bertz CT molecular complexity index is 583. The van der Waals surface area contributed by atoms with Crippen molar-refractivity contribution in [1.29, 1.82) is 0 Å². The van der Waals surface area contributed by atoms with Crippen LogP contribution in [0.3, 0.4) is 0 Å². The van der Waals surface area contributed by atoms with E-state index >= 15 is 0 Å². The molecule has 1 aliphatic rings. The van der Waals surface area contributed by atoms with Gasteiger partial charge in [-0.1, -0.05) is 18.2 Å². The van der Waals surface area contributed by atoms with Crippen LogP contribution in [-0.2, 0) is 9.53 Å². The van der Waals surface area contributed by atoms with Crippen molar-refractivity contribution in [2.45, 2.75) is 26.7 Å². The van der Waals surface area contributed by atoms with Crippen LogP contribution < -0.4 is 9.47 Å². The molecule has 0 unspecified atom stereocenters. The molecular weight excluding hydrogens is 354 g/mol. The van der Waals surface area contributed by atoms with Gasteiger partial charge in [-0.15, -0.1) is 12.4 Å². The van der Waals surface area contributed by atoms with Crippen molar-refractivity contribution in [2.75, 3.05) is 40.0 Å². The molecule has 0 aliphatic carbocycles. The third kappa shape index (κ3) is 6.54. The van der Waals surface area contributed by atoms with Gasteiger partial charge in [-0.2, -0.15) is 0 Å². The fraction of sp³-hybridized carbons (Fsp3) is 0.550. The van der Waals surface area contributed by atoms with E-state index in [-0.39, 0.29) is 24.3 Å². The highest BCUT2D eigenvalue weighted by atomic mass is 35.5.